The normalized spacial score (nSPS) is 20.3. The van der Waals surface area contributed by atoms with E-state index in [1.54, 1.807) is 14.0 Å². The second-order valence-electron chi connectivity index (χ2n) is 4.94. The molecule has 1 unspecified atom stereocenters. The lowest BCUT2D eigenvalue weighted by Gasteiger charge is -2.28. The Labute approximate surface area is 111 Å². The van der Waals surface area contributed by atoms with E-state index in [4.69, 9.17) is 0 Å². The number of nitrogens with one attached hydrogen (secondary N) is 1. The first kappa shape index (κ1) is 13.9. The van der Waals surface area contributed by atoms with Crippen LogP contribution in [-0.4, -0.2) is 30.4 Å². The van der Waals surface area contributed by atoms with E-state index in [1.807, 2.05) is 0 Å². The van der Waals surface area contributed by atoms with Gasteiger partial charge in [0.2, 0.25) is 5.91 Å². The van der Waals surface area contributed by atoms with Gasteiger partial charge in [-0.1, -0.05) is 0 Å². The van der Waals surface area contributed by atoms with Gasteiger partial charge in [0.05, 0.1) is 12.1 Å². The summed E-state index contributed by atoms with van der Waals surface area (Å²) in [7, 11) is 1.62. The van der Waals surface area contributed by atoms with Crippen LogP contribution in [0.1, 0.15) is 31.4 Å². The molecule has 0 aromatic heterocycles. The van der Waals surface area contributed by atoms with E-state index in [0.29, 0.717) is 0 Å². The van der Waals surface area contributed by atoms with Crippen molar-refractivity contribution in [1.29, 1.82) is 0 Å². The molecule has 2 rings (SSSR count). The van der Waals surface area contributed by atoms with Gasteiger partial charge in [0.1, 0.15) is 11.6 Å². The zero-order valence-electron chi connectivity index (χ0n) is 11.1. The third-order valence-corrected chi connectivity index (χ3v) is 3.70. The minimum Gasteiger partial charge on any atom is -0.338 e. The van der Waals surface area contributed by atoms with Crippen molar-refractivity contribution in [1.82, 2.24) is 10.2 Å². The predicted molar refractivity (Wildman–Crippen MR) is 68.6 cm³/mol. The van der Waals surface area contributed by atoms with Gasteiger partial charge in [-0.3, -0.25) is 4.79 Å². The van der Waals surface area contributed by atoms with E-state index in [9.17, 15) is 13.6 Å². The summed E-state index contributed by atoms with van der Waals surface area (Å²) in [4.78, 5) is 13.7. The Morgan fingerprint density at radius 1 is 1.47 bits per heavy atom. The van der Waals surface area contributed by atoms with Crippen molar-refractivity contribution in [3.05, 3.63) is 35.4 Å². The molecule has 1 heterocycles. The molecule has 3 nitrogen and oxygen atoms in total. The van der Waals surface area contributed by atoms with Gasteiger partial charge in [0.25, 0.3) is 0 Å². The number of halogens is 2. The highest BCUT2D eigenvalue weighted by Crippen LogP contribution is 2.24. The fraction of sp³-hybridized carbons (Fsp3) is 0.500. The number of amides is 1. The molecule has 1 saturated heterocycles. The molecule has 0 spiro atoms. The Kier molecular flexibility index (Phi) is 4.14. The van der Waals surface area contributed by atoms with Crippen LogP contribution in [-0.2, 0) is 4.79 Å². The van der Waals surface area contributed by atoms with Crippen molar-refractivity contribution in [2.24, 2.45) is 0 Å². The molecule has 104 valence electrons. The molecule has 1 aromatic rings. The van der Waals surface area contributed by atoms with E-state index in [1.165, 1.54) is 4.90 Å². The van der Waals surface area contributed by atoms with Gasteiger partial charge in [0.15, 0.2) is 0 Å². The topological polar surface area (TPSA) is 32.3 Å². The van der Waals surface area contributed by atoms with Gasteiger partial charge in [-0.05, 0) is 44.5 Å². The summed E-state index contributed by atoms with van der Waals surface area (Å²) >= 11 is 0. The maximum absolute atomic E-state index is 13.7. The zero-order chi connectivity index (χ0) is 14.0. The van der Waals surface area contributed by atoms with E-state index in [0.717, 1.165) is 37.6 Å². The molecule has 0 aliphatic carbocycles. The standard InChI is InChI=1S/C14H18F2N2O/c1-9(11-8-10(15)5-6-12(11)16)18(2)14(19)13-4-3-7-17-13/h5-6,8-9,13,17H,3-4,7H2,1-2H3/t9?,13-/m1/s1. The van der Waals surface area contributed by atoms with E-state index in [-0.39, 0.29) is 17.5 Å². The average molecular weight is 268 g/mol. The number of likely N-dealkylation sites (N-methyl/N-ethyl adjacent to an activating group) is 1. The summed E-state index contributed by atoms with van der Waals surface area (Å²) < 4.78 is 26.9. The molecule has 0 radical (unpaired) electrons. The molecule has 1 aliphatic heterocycles. The van der Waals surface area contributed by atoms with Crippen LogP contribution in [0.2, 0.25) is 0 Å². The summed E-state index contributed by atoms with van der Waals surface area (Å²) in [6.07, 6.45) is 1.76. The minimum absolute atomic E-state index is 0.0753. The minimum atomic E-state index is -0.497. The van der Waals surface area contributed by atoms with Crippen LogP contribution < -0.4 is 5.32 Å². The SMILES string of the molecule is CC(c1cc(F)ccc1F)N(C)C(=O)[C@H]1CCCN1. The van der Waals surface area contributed by atoms with Gasteiger partial charge in [0, 0.05) is 12.6 Å². The molecule has 2 atom stereocenters. The maximum Gasteiger partial charge on any atom is 0.239 e. The Hall–Kier alpha value is -1.49. The third-order valence-electron chi connectivity index (χ3n) is 3.70. The van der Waals surface area contributed by atoms with Crippen molar-refractivity contribution < 1.29 is 13.6 Å². The molecule has 1 amide bonds. The molecule has 1 aliphatic rings. The summed E-state index contributed by atoms with van der Waals surface area (Å²) in [5.74, 6) is -1.07. The quantitative estimate of drug-likeness (QED) is 0.911. The first-order valence-electron chi connectivity index (χ1n) is 6.45. The molecular formula is C14H18F2N2O. The second kappa shape index (κ2) is 5.65. The van der Waals surface area contributed by atoms with Crippen molar-refractivity contribution in [3.63, 3.8) is 0 Å². The molecule has 1 aromatic carbocycles. The van der Waals surface area contributed by atoms with Crippen LogP contribution in [0.5, 0.6) is 0 Å². The maximum atomic E-state index is 13.7. The molecular weight excluding hydrogens is 250 g/mol. The summed E-state index contributed by atoms with van der Waals surface area (Å²) in [5.41, 5.74) is 0.203. The van der Waals surface area contributed by atoms with Crippen LogP contribution in [0, 0.1) is 11.6 Å². The molecule has 1 N–H and O–H groups in total. The van der Waals surface area contributed by atoms with Crippen LogP contribution in [0.3, 0.4) is 0 Å². The van der Waals surface area contributed by atoms with Crippen LogP contribution in [0.15, 0.2) is 18.2 Å². The molecule has 5 heteroatoms. The summed E-state index contributed by atoms with van der Waals surface area (Å²) in [6.45, 7) is 2.53. The molecule has 1 fully saturated rings. The summed E-state index contributed by atoms with van der Waals surface area (Å²) in [6, 6.07) is 2.61. The van der Waals surface area contributed by atoms with E-state index < -0.39 is 17.7 Å². The zero-order valence-corrected chi connectivity index (χ0v) is 11.1. The third kappa shape index (κ3) is 2.92. The Bertz CT molecular complexity index is 473. The molecule has 0 saturated carbocycles. The summed E-state index contributed by atoms with van der Waals surface area (Å²) in [5, 5.41) is 3.11. The van der Waals surface area contributed by atoms with Crippen molar-refractivity contribution in [3.8, 4) is 0 Å². The smallest absolute Gasteiger partial charge is 0.239 e. The highest BCUT2D eigenvalue weighted by molar-refractivity contribution is 5.82. The van der Waals surface area contributed by atoms with Gasteiger partial charge >= 0.3 is 0 Å². The fourth-order valence-electron chi connectivity index (χ4n) is 2.38. The Balaban J connectivity index is 2.15. The number of rotatable bonds is 3. The lowest BCUT2D eigenvalue weighted by atomic mass is 10.1. The first-order chi connectivity index (χ1) is 9.00. The number of carbonyl (C=O) groups excluding carboxylic acids is 1. The lowest BCUT2D eigenvalue weighted by Crippen LogP contribution is -2.42. The highest BCUT2D eigenvalue weighted by Gasteiger charge is 2.28. The van der Waals surface area contributed by atoms with Gasteiger partial charge < -0.3 is 10.2 Å². The Morgan fingerprint density at radius 3 is 2.84 bits per heavy atom. The second-order valence-corrected chi connectivity index (χ2v) is 4.94. The predicted octanol–water partition coefficient (Wildman–Crippen LogP) is 2.24. The van der Waals surface area contributed by atoms with Crippen molar-refractivity contribution >= 4 is 5.91 Å². The van der Waals surface area contributed by atoms with Gasteiger partial charge in [-0.15, -0.1) is 0 Å². The van der Waals surface area contributed by atoms with Crippen LogP contribution >= 0.6 is 0 Å². The lowest BCUT2D eigenvalue weighted by molar-refractivity contribution is -0.133. The first-order valence-corrected chi connectivity index (χ1v) is 6.45. The number of benzene rings is 1. The number of nitrogens with zero attached hydrogens (tertiary/aromatic N) is 1. The van der Waals surface area contributed by atoms with E-state index >= 15 is 0 Å². The van der Waals surface area contributed by atoms with Crippen LogP contribution in [0.25, 0.3) is 0 Å². The fourth-order valence-corrected chi connectivity index (χ4v) is 2.38. The average Bonchev–Trinajstić information content (AvgIpc) is 2.93. The largest absolute Gasteiger partial charge is 0.338 e. The molecule has 19 heavy (non-hydrogen) atoms. The van der Waals surface area contributed by atoms with Gasteiger partial charge in [-0.25, -0.2) is 8.78 Å². The number of carbonyl (C=O) groups is 1. The van der Waals surface area contributed by atoms with E-state index in [2.05, 4.69) is 5.32 Å². The van der Waals surface area contributed by atoms with Gasteiger partial charge in [-0.2, -0.15) is 0 Å². The highest BCUT2D eigenvalue weighted by atomic mass is 19.1. The van der Waals surface area contributed by atoms with Crippen LogP contribution in [0.4, 0.5) is 8.78 Å². The Morgan fingerprint density at radius 2 is 2.21 bits per heavy atom. The van der Waals surface area contributed by atoms with Crippen molar-refractivity contribution in [2.75, 3.05) is 13.6 Å². The monoisotopic (exact) mass is 268 g/mol. The van der Waals surface area contributed by atoms with Crippen molar-refractivity contribution in [2.45, 2.75) is 31.8 Å². The number of hydrogen-bond acceptors (Lipinski definition) is 2. The number of hydrogen-bond donors (Lipinski definition) is 1. The molecule has 0 bridgehead atoms.